The first kappa shape index (κ1) is 16.9. The Balaban J connectivity index is 1.83. The second kappa shape index (κ2) is 7.72. The fourth-order valence-electron chi connectivity index (χ4n) is 2.62. The quantitative estimate of drug-likeness (QED) is 0.753. The Morgan fingerprint density at radius 1 is 1.27 bits per heavy atom. The van der Waals surface area contributed by atoms with Crippen molar-refractivity contribution < 1.29 is 18.4 Å². The van der Waals surface area contributed by atoms with E-state index in [2.05, 4.69) is 0 Å². The highest BCUT2D eigenvalue weighted by Crippen LogP contribution is 2.21. The van der Waals surface area contributed by atoms with Gasteiger partial charge in [0.1, 0.15) is 0 Å². The summed E-state index contributed by atoms with van der Waals surface area (Å²) >= 11 is 1.77. The van der Waals surface area contributed by atoms with Crippen molar-refractivity contribution in [2.75, 3.05) is 25.1 Å². The normalized spacial score (nSPS) is 17.8. The number of amides is 1. The number of carbonyl (C=O) groups is 2. The van der Waals surface area contributed by atoms with Gasteiger partial charge < -0.3 is 4.90 Å². The smallest absolute Gasteiger partial charge is 0.223 e. The maximum Gasteiger partial charge on any atom is 0.223 e. The number of carbonyl (C=O) groups excluding carboxylic acids is 2. The van der Waals surface area contributed by atoms with Gasteiger partial charge in [0.15, 0.2) is 17.4 Å². The first-order valence-corrected chi connectivity index (χ1v) is 8.65. The van der Waals surface area contributed by atoms with E-state index in [9.17, 15) is 18.4 Å². The van der Waals surface area contributed by atoms with Crippen LogP contribution in [0.1, 0.15) is 29.6 Å². The molecular formula is C16H19F2NO2S. The summed E-state index contributed by atoms with van der Waals surface area (Å²) < 4.78 is 25.9. The molecule has 0 aliphatic carbocycles. The fourth-order valence-corrected chi connectivity index (χ4v) is 3.37. The number of likely N-dealkylation sites (tertiary alicyclic amines) is 1. The molecule has 2 rings (SSSR count). The summed E-state index contributed by atoms with van der Waals surface area (Å²) in [5.41, 5.74) is 0.105. The van der Waals surface area contributed by atoms with Crippen molar-refractivity contribution in [3.8, 4) is 0 Å². The Morgan fingerprint density at radius 3 is 2.73 bits per heavy atom. The minimum atomic E-state index is -1.04. The van der Waals surface area contributed by atoms with E-state index in [1.807, 2.05) is 6.26 Å². The molecule has 1 unspecified atom stereocenters. The highest BCUT2D eigenvalue weighted by Gasteiger charge is 2.26. The molecule has 22 heavy (non-hydrogen) atoms. The molecule has 0 saturated carbocycles. The molecule has 1 aromatic rings. The number of hydrogen-bond acceptors (Lipinski definition) is 3. The van der Waals surface area contributed by atoms with Gasteiger partial charge in [-0.05, 0) is 42.5 Å². The van der Waals surface area contributed by atoms with Gasteiger partial charge in [0.05, 0.1) is 0 Å². The van der Waals surface area contributed by atoms with Crippen LogP contribution >= 0.6 is 11.8 Å². The van der Waals surface area contributed by atoms with Crippen LogP contribution in [-0.4, -0.2) is 41.7 Å². The van der Waals surface area contributed by atoms with Gasteiger partial charge in [0, 0.05) is 31.5 Å². The van der Waals surface area contributed by atoms with Gasteiger partial charge >= 0.3 is 0 Å². The zero-order chi connectivity index (χ0) is 16.1. The molecule has 0 aromatic heterocycles. The predicted octanol–water partition coefficient (Wildman–Crippen LogP) is 3.14. The number of ketones is 1. The lowest BCUT2D eigenvalue weighted by atomic mass is 10.1. The van der Waals surface area contributed by atoms with Gasteiger partial charge in [-0.1, -0.05) is 0 Å². The third-order valence-corrected chi connectivity index (χ3v) is 4.65. The maximum absolute atomic E-state index is 13.1. The lowest BCUT2D eigenvalue weighted by molar-refractivity contribution is -0.130. The third-order valence-electron chi connectivity index (χ3n) is 3.85. The minimum Gasteiger partial charge on any atom is -0.342 e. The van der Waals surface area contributed by atoms with E-state index in [0.29, 0.717) is 5.92 Å². The van der Waals surface area contributed by atoms with Crippen molar-refractivity contribution in [3.05, 3.63) is 35.4 Å². The zero-order valence-corrected chi connectivity index (χ0v) is 13.3. The summed E-state index contributed by atoms with van der Waals surface area (Å²) in [7, 11) is 0. The summed E-state index contributed by atoms with van der Waals surface area (Å²) in [5.74, 6) is -0.842. The average molecular weight is 327 g/mol. The number of hydrogen-bond donors (Lipinski definition) is 0. The van der Waals surface area contributed by atoms with E-state index in [0.717, 1.165) is 37.4 Å². The van der Waals surface area contributed by atoms with Gasteiger partial charge in [-0.3, -0.25) is 9.59 Å². The number of Topliss-reactive ketones (excluding diaryl/α,β-unsaturated/α-hetero) is 1. The van der Waals surface area contributed by atoms with Crippen molar-refractivity contribution >= 4 is 23.5 Å². The number of thioether (sulfide) groups is 1. The molecule has 1 amide bonds. The van der Waals surface area contributed by atoms with Crippen molar-refractivity contribution in [1.82, 2.24) is 4.90 Å². The SMILES string of the molecule is CSCC1CCN(C(=O)CCC(=O)c2ccc(F)c(F)c2)C1. The Kier molecular flexibility index (Phi) is 5.94. The zero-order valence-electron chi connectivity index (χ0n) is 12.5. The molecule has 0 radical (unpaired) electrons. The van der Waals surface area contributed by atoms with Crippen LogP contribution in [-0.2, 0) is 4.79 Å². The Bertz CT molecular complexity index is 565. The molecule has 1 atom stereocenters. The summed E-state index contributed by atoms with van der Waals surface area (Å²) in [4.78, 5) is 25.8. The topological polar surface area (TPSA) is 37.4 Å². The Morgan fingerprint density at radius 2 is 2.05 bits per heavy atom. The third kappa shape index (κ3) is 4.29. The lowest BCUT2D eigenvalue weighted by Crippen LogP contribution is -2.29. The van der Waals surface area contributed by atoms with Crippen LogP contribution in [0.25, 0.3) is 0 Å². The van der Waals surface area contributed by atoms with Crippen molar-refractivity contribution in [1.29, 1.82) is 0 Å². The monoisotopic (exact) mass is 327 g/mol. The van der Waals surface area contributed by atoms with Gasteiger partial charge in [-0.15, -0.1) is 0 Å². The Labute approximate surface area is 133 Å². The number of nitrogens with zero attached hydrogens (tertiary/aromatic N) is 1. The first-order valence-electron chi connectivity index (χ1n) is 7.26. The lowest BCUT2D eigenvalue weighted by Gasteiger charge is -2.16. The summed E-state index contributed by atoms with van der Waals surface area (Å²) in [6.45, 7) is 1.49. The second-order valence-corrected chi connectivity index (χ2v) is 6.41. The van der Waals surface area contributed by atoms with E-state index >= 15 is 0 Å². The molecular weight excluding hydrogens is 308 g/mol. The molecule has 1 aliphatic heterocycles. The Hall–Kier alpha value is -1.43. The summed E-state index contributed by atoms with van der Waals surface area (Å²) in [6, 6.07) is 3.06. The highest BCUT2D eigenvalue weighted by atomic mass is 32.2. The van der Waals surface area contributed by atoms with Crippen LogP contribution < -0.4 is 0 Å². The predicted molar refractivity (Wildman–Crippen MR) is 83.0 cm³/mol. The van der Waals surface area contributed by atoms with Crippen LogP contribution in [0.3, 0.4) is 0 Å². The molecule has 1 aromatic carbocycles. The molecule has 0 bridgehead atoms. The van der Waals surface area contributed by atoms with Crippen molar-refractivity contribution in [2.24, 2.45) is 5.92 Å². The van der Waals surface area contributed by atoms with E-state index in [-0.39, 0.29) is 30.1 Å². The minimum absolute atomic E-state index is 0.0214. The molecule has 1 fully saturated rings. The molecule has 6 heteroatoms. The van der Waals surface area contributed by atoms with Crippen molar-refractivity contribution in [2.45, 2.75) is 19.3 Å². The van der Waals surface area contributed by atoms with E-state index in [1.165, 1.54) is 6.07 Å². The van der Waals surface area contributed by atoms with Crippen LogP contribution in [0.4, 0.5) is 8.78 Å². The van der Waals surface area contributed by atoms with Crippen LogP contribution in [0, 0.1) is 17.6 Å². The van der Waals surface area contributed by atoms with Crippen LogP contribution in [0.2, 0.25) is 0 Å². The maximum atomic E-state index is 13.1. The first-order chi connectivity index (χ1) is 10.5. The fraction of sp³-hybridized carbons (Fsp3) is 0.500. The molecule has 0 N–H and O–H groups in total. The van der Waals surface area contributed by atoms with E-state index in [1.54, 1.807) is 16.7 Å². The number of benzene rings is 1. The van der Waals surface area contributed by atoms with Crippen LogP contribution in [0.5, 0.6) is 0 Å². The van der Waals surface area contributed by atoms with Gasteiger partial charge in [-0.2, -0.15) is 11.8 Å². The molecule has 1 heterocycles. The molecule has 1 saturated heterocycles. The van der Waals surface area contributed by atoms with E-state index in [4.69, 9.17) is 0 Å². The molecule has 120 valence electrons. The largest absolute Gasteiger partial charge is 0.342 e. The number of halogens is 2. The highest BCUT2D eigenvalue weighted by molar-refractivity contribution is 7.98. The van der Waals surface area contributed by atoms with Crippen LogP contribution in [0.15, 0.2) is 18.2 Å². The second-order valence-electron chi connectivity index (χ2n) is 5.50. The molecule has 3 nitrogen and oxygen atoms in total. The molecule has 0 spiro atoms. The summed E-state index contributed by atoms with van der Waals surface area (Å²) in [6.07, 6.45) is 3.19. The number of rotatable bonds is 6. The van der Waals surface area contributed by atoms with Gasteiger partial charge in [-0.25, -0.2) is 8.78 Å². The van der Waals surface area contributed by atoms with E-state index < -0.39 is 11.6 Å². The van der Waals surface area contributed by atoms with Crippen molar-refractivity contribution in [3.63, 3.8) is 0 Å². The van der Waals surface area contributed by atoms with Gasteiger partial charge in [0.25, 0.3) is 0 Å². The average Bonchev–Trinajstić information content (AvgIpc) is 2.96. The standard InChI is InChI=1S/C16H19F2NO2S/c1-22-10-11-6-7-19(9-11)16(21)5-4-15(20)12-2-3-13(17)14(18)8-12/h2-3,8,11H,4-7,9-10H2,1H3. The van der Waals surface area contributed by atoms with Gasteiger partial charge in [0.2, 0.25) is 5.91 Å². The molecule has 1 aliphatic rings. The summed E-state index contributed by atoms with van der Waals surface area (Å²) in [5, 5.41) is 0.